The molecule has 0 saturated heterocycles. The van der Waals surface area contributed by atoms with Gasteiger partial charge in [0.2, 0.25) is 10.0 Å². The topological polar surface area (TPSA) is 64.6 Å². The summed E-state index contributed by atoms with van der Waals surface area (Å²) in [4.78, 5) is 0.122. The monoisotopic (exact) mass is 365 g/mol. The predicted molar refractivity (Wildman–Crippen MR) is 81.9 cm³/mol. The summed E-state index contributed by atoms with van der Waals surface area (Å²) in [5, 5.41) is 0. The van der Waals surface area contributed by atoms with E-state index in [0.717, 1.165) is 0 Å². The fraction of sp³-hybridized carbons (Fsp3) is 0.538. The summed E-state index contributed by atoms with van der Waals surface area (Å²) in [5.41, 5.74) is -0.522. The van der Waals surface area contributed by atoms with Gasteiger partial charge in [-0.15, -0.1) is 0 Å². The van der Waals surface area contributed by atoms with Gasteiger partial charge in [0.05, 0.1) is 14.2 Å². The Hall–Kier alpha value is -0.790. The Morgan fingerprint density at radius 1 is 1.20 bits per heavy atom. The highest BCUT2D eigenvalue weighted by Gasteiger charge is 2.27. The minimum absolute atomic E-state index is 0.122. The third-order valence-corrected chi connectivity index (χ3v) is 5.68. The first kappa shape index (κ1) is 17.3. The van der Waals surface area contributed by atoms with Crippen LogP contribution in [-0.2, 0) is 10.0 Å². The van der Waals surface area contributed by atoms with Crippen molar-refractivity contribution in [1.29, 1.82) is 0 Å². The molecule has 0 fully saturated rings. The molecule has 1 aromatic carbocycles. The van der Waals surface area contributed by atoms with Crippen molar-refractivity contribution in [3.63, 3.8) is 0 Å². The molecule has 0 amide bonds. The zero-order valence-corrected chi connectivity index (χ0v) is 14.7. The largest absolute Gasteiger partial charge is 0.493 e. The molecule has 0 radical (unpaired) electrons. The zero-order chi connectivity index (χ0) is 15.6. The average Bonchev–Trinajstić information content (AvgIpc) is 2.36. The van der Waals surface area contributed by atoms with E-state index in [-0.39, 0.29) is 4.90 Å². The lowest BCUT2D eigenvalue weighted by molar-refractivity contribution is 0.353. The number of benzene rings is 1. The molecule has 114 valence electrons. The van der Waals surface area contributed by atoms with E-state index in [1.54, 1.807) is 6.07 Å². The van der Waals surface area contributed by atoms with E-state index >= 15 is 0 Å². The van der Waals surface area contributed by atoms with Gasteiger partial charge >= 0.3 is 0 Å². The molecule has 0 aliphatic rings. The van der Waals surface area contributed by atoms with E-state index in [1.165, 1.54) is 20.3 Å². The van der Waals surface area contributed by atoms with E-state index in [9.17, 15) is 8.42 Å². The Bertz CT molecular complexity index is 584. The number of rotatable bonds is 6. The van der Waals surface area contributed by atoms with Crippen LogP contribution in [0.25, 0.3) is 0 Å². The molecule has 0 aliphatic carbocycles. The summed E-state index contributed by atoms with van der Waals surface area (Å²) in [6, 6.07) is 3.02. The van der Waals surface area contributed by atoms with Crippen LogP contribution in [0.3, 0.4) is 0 Å². The lowest BCUT2D eigenvalue weighted by Crippen LogP contribution is -2.42. The van der Waals surface area contributed by atoms with Gasteiger partial charge in [0.25, 0.3) is 0 Å². The molecule has 0 saturated carbocycles. The van der Waals surface area contributed by atoms with Crippen LogP contribution in [0.1, 0.15) is 27.2 Å². The Kier molecular flexibility index (Phi) is 5.46. The van der Waals surface area contributed by atoms with Crippen molar-refractivity contribution in [1.82, 2.24) is 4.72 Å². The first-order valence-electron chi connectivity index (χ1n) is 6.12. The van der Waals surface area contributed by atoms with Gasteiger partial charge in [0, 0.05) is 16.1 Å². The molecular weight excluding hydrogens is 346 g/mol. The van der Waals surface area contributed by atoms with Crippen LogP contribution < -0.4 is 14.2 Å². The molecule has 20 heavy (non-hydrogen) atoms. The van der Waals surface area contributed by atoms with E-state index in [2.05, 4.69) is 20.7 Å². The lowest BCUT2D eigenvalue weighted by atomic mass is 10.0. The van der Waals surface area contributed by atoms with Crippen LogP contribution in [0.2, 0.25) is 0 Å². The molecule has 1 N–H and O–H groups in total. The number of methoxy groups -OCH3 is 2. The van der Waals surface area contributed by atoms with Crippen molar-refractivity contribution < 1.29 is 17.9 Å². The lowest BCUT2D eigenvalue weighted by Gasteiger charge is -2.24. The first-order valence-corrected chi connectivity index (χ1v) is 8.40. The average molecular weight is 366 g/mol. The van der Waals surface area contributed by atoms with Crippen LogP contribution in [0.5, 0.6) is 11.5 Å². The van der Waals surface area contributed by atoms with Gasteiger partial charge in [-0.05, 0) is 42.3 Å². The number of hydrogen-bond donors (Lipinski definition) is 1. The van der Waals surface area contributed by atoms with Gasteiger partial charge in [-0.25, -0.2) is 13.1 Å². The molecule has 0 atom stereocenters. The fourth-order valence-corrected chi connectivity index (χ4v) is 4.05. The number of hydrogen-bond acceptors (Lipinski definition) is 4. The quantitative estimate of drug-likeness (QED) is 0.841. The second-order valence-corrected chi connectivity index (χ2v) is 7.49. The van der Waals surface area contributed by atoms with Crippen LogP contribution in [0, 0.1) is 0 Å². The molecule has 0 heterocycles. The normalized spacial score (nSPS) is 12.3. The number of sulfonamides is 1. The number of halogens is 1. The summed E-state index contributed by atoms with van der Waals surface area (Å²) < 4.78 is 38.3. The molecule has 0 aliphatic heterocycles. The van der Waals surface area contributed by atoms with E-state index < -0.39 is 15.6 Å². The molecule has 1 rings (SSSR count). The molecule has 0 unspecified atom stereocenters. The van der Waals surface area contributed by atoms with Gasteiger partial charge in [-0.1, -0.05) is 6.92 Å². The predicted octanol–water partition coefficient (Wildman–Crippen LogP) is 2.93. The smallest absolute Gasteiger partial charge is 0.242 e. The van der Waals surface area contributed by atoms with Crippen molar-refractivity contribution in [3.05, 3.63) is 16.6 Å². The first-order chi connectivity index (χ1) is 9.16. The van der Waals surface area contributed by atoms with Gasteiger partial charge < -0.3 is 9.47 Å². The van der Waals surface area contributed by atoms with Crippen molar-refractivity contribution in [2.24, 2.45) is 0 Å². The SMILES string of the molecule is CCC(C)(C)NS(=O)(=O)c1cc(OC)c(OC)cc1Br. The van der Waals surface area contributed by atoms with Crippen molar-refractivity contribution in [3.8, 4) is 11.5 Å². The van der Waals surface area contributed by atoms with Crippen molar-refractivity contribution in [2.45, 2.75) is 37.6 Å². The highest BCUT2D eigenvalue weighted by atomic mass is 79.9. The minimum Gasteiger partial charge on any atom is -0.493 e. The summed E-state index contributed by atoms with van der Waals surface area (Å²) >= 11 is 3.26. The van der Waals surface area contributed by atoms with Gasteiger partial charge in [-0.3, -0.25) is 0 Å². The van der Waals surface area contributed by atoms with Crippen LogP contribution in [0.15, 0.2) is 21.5 Å². The van der Waals surface area contributed by atoms with Crippen molar-refractivity contribution in [2.75, 3.05) is 14.2 Å². The van der Waals surface area contributed by atoms with Gasteiger partial charge in [0.15, 0.2) is 11.5 Å². The Balaban J connectivity index is 3.32. The van der Waals surface area contributed by atoms with Gasteiger partial charge in [-0.2, -0.15) is 0 Å². The van der Waals surface area contributed by atoms with Crippen LogP contribution in [-0.4, -0.2) is 28.2 Å². The molecule has 1 aromatic rings. The highest BCUT2D eigenvalue weighted by Crippen LogP contribution is 2.35. The van der Waals surface area contributed by atoms with Crippen molar-refractivity contribution >= 4 is 26.0 Å². The Morgan fingerprint density at radius 3 is 2.15 bits per heavy atom. The van der Waals surface area contributed by atoms with E-state index in [1.807, 2.05) is 20.8 Å². The maximum atomic E-state index is 12.5. The maximum absolute atomic E-state index is 12.5. The molecule has 0 spiro atoms. The summed E-state index contributed by atoms with van der Waals surface area (Å²) in [6.45, 7) is 5.59. The van der Waals surface area contributed by atoms with Gasteiger partial charge in [0.1, 0.15) is 4.90 Å². The highest BCUT2D eigenvalue weighted by molar-refractivity contribution is 9.10. The summed E-state index contributed by atoms with van der Waals surface area (Å²) in [7, 11) is -0.690. The molecule has 0 bridgehead atoms. The maximum Gasteiger partial charge on any atom is 0.242 e. The molecule has 7 heteroatoms. The summed E-state index contributed by atoms with van der Waals surface area (Å²) in [5.74, 6) is 0.832. The molecule has 5 nitrogen and oxygen atoms in total. The van der Waals surface area contributed by atoms with Crippen LogP contribution >= 0.6 is 15.9 Å². The second-order valence-electron chi connectivity index (χ2n) is 4.98. The van der Waals surface area contributed by atoms with E-state index in [4.69, 9.17) is 9.47 Å². The fourth-order valence-electron chi connectivity index (χ4n) is 1.53. The Labute approximate surface area is 128 Å². The zero-order valence-electron chi connectivity index (χ0n) is 12.3. The molecular formula is C13H20BrNO4S. The number of nitrogens with one attached hydrogen (secondary N) is 1. The third-order valence-electron chi connectivity index (χ3n) is 3.02. The second kappa shape index (κ2) is 6.32. The Morgan fingerprint density at radius 2 is 1.70 bits per heavy atom. The minimum atomic E-state index is -3.65. The summed E-state index contributed by atoms with van der Waals surface area (Å²) in [6.07, 6.45) is 0.678. The third kappa shape index (κ3) is 3.86. The molecule has 0 aromatic heterocycles. The van der Waals surface area contributed by atoms with Crippen LogP contribution in [0.4, 0.5) is 0 Å². The van der Waals surface area contributed by atoms with E-state index in [0.29, 0.717) is 22.4 Å². The standard InChI is InChI=1S/C13H20BrNO4S/c1-6-13(2,3)15-20(16,17)12-8-11(19-5)10(18-4)7-9(12)14/h7-8,15H,6H2,1-5H3. The number of ether oxygens (including phenoxy) is 2.